The molecule has 5 heteroatoms. The third-order valence-electron chi connectivity index (χ3n) is 3.27. The minimum atomic E-state index is -0.225. The van der Waals surface area contributed by atoms with Crippen molar-refractivity contribution in [1.29, 1.82) is 0 Å². The first-order valence-electron chi connectivity index (χ1n) is 6.41. The molecule has 1 saturated heterocycles. The van der Waals surface area contributed by atoms with Crippen LogP contribution in [0.3, 0.4) is 0 Å². The van der Waals surface area contributed by atoms with Gasteiger partial charge < -0.3 is 10.8 Å². The first-order chi connectivity index (χ1) is 9.20. The van der Waals surface area contributed by atoms with Gasteiger partial charge in [-0.15, -0.1) is 11.3 Å². The summed E-state index contributed by atoms with van der Waals surface area (Å²) in [4.78, 5) is 14.8. The number of hydrogen-bond acceptors (Lipinski definition) is 4. The minimum Gasteiger partial charge on any atom is -0.384 e. The summed E-state index contributed by atoms with van der Waals surface area (Å²) in [6.45, 7) is 1.54. The number of likely N-dealkylation sites (tertiary alicyclic amines) is 1. The molecule has 1 unspecified atom stereocenters. The molecule has 0 bridgehead atoms. The molecule has 1 atom stereocenters. The number of nitrogens with zero attached hydrogens (tertiary/aromatic N) is 1. The van der Waals surface area contributed by atoms with Gasteiger partial charge in [0, 0.05) is 22.4 Å². The van der Waals surface area contributed by atoms with E-state index in [2.05, 4.69) is 16.7 Å². The number of piperidine rings is 1. The predicted molar refractivity (Wildman–Crippen MR) is 75.5 cm³/mol. The average molecular weight is 278 g/mol. The van der Waals surface area contributed by atoms with Gasteiger partial charge in [0.25, 0.3) is 0 Å². The van der Waals surface area contributed by atoms with E-state index in [-0.39, 0.29) is 18.6 Å². The summed E-state index contributed by atoms with van der Waals surface area (Å²) >= 11 is 1.63. The lowest BCUT2D eigenvalue weighted by molar-refractivity contribution is -0.124. The van der Waals surface area contributed by atoms with Crippen LogP contribution in [0.15, 0.2) is 11.4 Å². The van der Waals surface area contributed by atoms with E-state index in [4.69, 9.17) is 10.8 Å². The lowest BCUT2D eigenvalue weighted by atomic mass is 10.0. The molecule has 1 aromatic heterocycles. The van der Waals surface area contributed by atoms with E-state index in [1.54, 1.807) is 11.3 Å². The summed E-state index contributed by atoms with van der Waals surface area (Å²) in [5.41, 5.74) is 6.37. The number of carbonyl (C=O) groups excluding carboxylic acids is 1. The molecule has 0 spiro atoms. The van der Waals surface area contributed by atoms with Crippen molar-refractivity contribution in [2.45, 2.75) is 31.8 Å². The monoisotopic (exact) mass is 278 g/mol. The van der Waals surface area contributed by atoms with E-state index >= 15 is 0 Å². The van der Waals surface area contributed by atoms with E-state index in [0.717, 1.165) is 37.9 Å². The van der Waals surface area contributed by atoms with Crippen LogP contribution in [0.5, 0.6) is 0 Å². The fourth-order valence-corrected chi connectivity index (χ4v) is 3.21. The highest BCUT2D eigenvalue weighted by molar-refractivity contribution is 7.10. The molecule has 1 amide bonds. The average Bonchev–Trinajstić information content (AvgIpc) is 2.84. The molecular weight excluding hydrogens is 260 g/mol. The van der Waals surface area contributed by atoms with Crippen LogP contribution in [-0.4, -0.2) is 35.1 Å². The molecular formula is C14H18N2O2S. The van der Waals surface area contributed by atoms with Gasteiger partial charge in [-0.2, -0.15) is 0 Å². The zero-order valence-electron chi connectivity index (χ0n) is 10.8. The molecule has 0 radical (unpaired) electrons. The van der Waals surface area contributed by atoms with Gasteiger partial charge >= 0.3 is 0 Å². The maximum atomic E-state index is 11.4. The second kappa shape index (κ2) is 6.71. The minimum absolute atomic E-state index is 0.124. The molecule has 2 rings (SSSR count). The topological polar surface area (TPSA) is 66.6 Å². The number of hydrogen-bond donors (Lipinski definition) is 2. The summed E-state index contributed by atoms with van der Waals surface area (Å²) in [5, 5.41) is 10.6. The van der Waals surface area contributed by atoms with E-state index in [9.17, 15) is 4.79 Å². The van der Waals surface area contributed by atoms with Gasteiger partial charge in [0.05, 0.1) is 6.04 Å². The van der Waals surface area contributed by atoms with Crippen LogP contribution < -0.4 is 5.73 Å². The molecule has 0 saturated carbocycles. The van der Waals surface area contributed by atoms with E-state index in [1.165, 1.54) is 4.88 Å². The van der Waals surface area contributed by atoms with E-state index in [0.29, 0.717) is 0 Å². The SMILES string of the molecule is NC(=O)C1CCCCN1Cc1cc(C#CCO)cs1. The Morgan fingerprint density at radius 3 is 3.16 bits per heavy atom. The van der Waals surface area contributed by atoms with Crippen molar-refractivity contribution in [3.8, 4) is 11.8 Å². The number of aliphatic hydroxyl groups excluding tert-OH is 1. The van der Waals surface area contributed by atoms with Crippen molar-refractivity contribution in [1.82, 2.24) is 4.90 Å². The summed E-state index contributed by atoms with van der Waals surface area (Å²) in [6.07, 6.45) is 3.05. The normalized spacial score (nSPS) is 19.7. The first kappa shape index (κ1) is 14.1. The molecule has 19 heavy (non-hydrogen) atoms. The molecule has 1 aliphatic rings. The molecule has 2 heterocycles. The van der Waals surface area contributed by atoms with Gasteiger partial charge in [0.2, 0.25) is 5.91 Å². The Morgan fingerprint density at radius 1 is 1.58 bits per heavy atom. The van der Waals surface area contributed by atoms with Crippen molar-refractivity contribution in [2.75, 3.05) is 13.2 Å². The number of thiophene rings is 1. The number of rotatable bonds is 3. The molecule has 1 aromatic rings. The Hall–Kier alpha value is -1.35. The molecule has 4 nitrogen and oxygen atoms in total. The van der Waals surface area contributed by atoms with Crippen molar-refractivity contribution >= 4 is 17.2 Å². The van der Waals surface area contributed by atoms with Crippen LogP contribution in [0.25, 0.3) is 0 Å². The quantitative estimate of drug-likeness (QED) is 0.808. The van der Waals surface area contributed by atoms with Crippen molar-refractivity contribution in [3.63, 3.8) is 0 Å². The standard InChI is InChI=1S/C14H18N2O2S/c15-14(18)13-5-1-2-6-16(13)9-12-8-11(10-19-12)4-3-7-17/h8,10,13,17H,1-2,5-7,9H2,(H2,15,18). The fourth-order valence-electron chi connectivity index (χ4n) is 2.37. The number of primary amides is 1. The summed E-state index contributed by atoms with van der Waals surface area (Å²) < 4.78 is 0. The zero-order chi connectivity index (χ0) is 13.7. The molecule has 1 fully saturated rings. The van der Waals surface area contributed by atoms with Crippen molar-refractivity contribution < 1.29 is 9.90 Å². The second-order valence-corrected chi connectivity index (χ2v) is 5.64. The van der Waals surface area contributed by atoms with Gasteiger partial charge in [0.15, 0.2) is 0 Å². The van der Waals surface area contributed by atoms with Gasteiger partial charge in [-0.1, -0.05) is 18.3 Å². The maximum Gasteiger partial charge on any atom is 0.234 e. The maximum absolute atomic E-state index is 11.4. The zero-order valence-corrected chi connectivity index (χ0v) is 11.6. The highest BCUT2D eigenvalue weighted by Crippen LogP contribution is 2.22. The molecule has 0 aromatic carbocycles. The Balaban J connectivity index is 2.02. The third kappa shape index (κ3) is 3.80. The number of aliphatic hydroxyl groups is 1. The summed E-state index contributed by atoms with van der Waals surface area (Å²) in [6, 6.07) is 1.88. The summed E-state index contributed by atoms with van der Waals surface area (Å²) in [7, 11) is 0. The van der Waals surface area contributed by atoms with Gasteiger partial charge in [-0.25, -0.2) is 0 Å². The fraction of sp³-hybridized carbons (Fsp3) is 0.500. The largest absolute Gasteiger partial charge is 0.384 e. The van der Waals surface area contributed by atoms with Crippen LogP contribution >= 0.6 is 11.3 Å². The predicted octanol–water partition coefficient (Wildman–Crippen LogP) is 0.932. The Bertz CT molecular complexity index is 501. The number of carbonyl (C=O) groups is 1. The molecule has 3 N–H and O–H groups in total. The molecule has 1 aliphatic heterocycles. The molecule has 102 valence electrons. The van der Waals surface area contributed by atoms with Crippen molar-refractivity contribution in [3.05, 3.63) is 21.9 Å². The summed E-state index contributed by atoms with van der Waals surface area (Å²) in [5.74, 6) is 5.29. The van der Waals surface area contributed by atoms with Crippen LogP contribution in [0.4, 0.5) is 0 Å². The second-order valence-electron chi connectivity index (χ2n) is 4.65. The Morgan fingerprint density at radius 2 is 2.42 bits per heavy atom. The van der Waals surface area contributed by atoms with Crippen molar-refractivity contribution in [2.24, 2.45) is 5.73 Å². The van der Waals surface area contributed by atoms with Crippen LogP contribution in [-0.2, 0) is 11.3 Å². The molecule has 0 aliphatic carbocycles. The van der Waals surface area contributed by atoms with Crippen LogP contribution in [0.1, 0.15) is 29.7 Å². The van der Waals surface area contributed by atoms with E-state index < -0.39 is 0 Å². The lowest BCUT2D eigenvalue weighted by Gasteiger charge is -2.33. The number of nitrogens with two attached hydrogens (primary N) is 1. The number of amides is 1. The Kier molecular flexibility index (Phi) is 4.97. The van der Waals surface area contributed by atoms with Gasteiger partial charge in [0.1, 0.15) is 6.61 Å². The first-order valence-corrected chi connectivity index (χ1v) is 7.29. The highest BCUT2D eigenvalue weighted by atomic mass is 32.1. The van der Waals surface area contributed by atoms with Gasteiger partial charge in [-0.3, -0.25) is 9.69 Å². The third-order valence-corrected chi connectivity index (χ3v) is 4.19. The van der Waals surface area contributed by atoms with E-state index in [1.807, 2.05) is 11.4 Å². The van der Waals surface area contributed by atoms with Crippen LogP contribution in [0.2, 0.25) is 0 Å². The lowest BCUT2D eigenvalue weighted by Crippen LogP contribution is -2.46. The smallest absolute Gasteiger partial charge is 0.234 e. The Labute approximate surface area is 117 Å². The van der Waals surface area contributed by atoms with Crippen LogP contribution in [0, 0.1) is 11.8 Å². The highest BCUT2D eigenvalue weighted by Gasteiger charge is 2.26. The van der Waals surface area contributed by atoms with Gasteiger partial charge in [-0.05, 0) is 25.5 Å².